The first-order chi connectivity index (χ1) is 14.8. The summed E-state index contributed by atoms with van der Waals surface area (Å²) in [4.78, 5) is 13.0. The molecule has 4 rings (SSSR count). The van der Waals surface area contributed by atoms with Gasteiger partial charge in [0.15, 0.2) is 0 Å². The molecule has 0 unspecified atom stereocenters. The number of aromatic nitrogens is 2. The molecular formula is C26H22N2O2. The Balaban J connectivity index is 1.95. The van der Waals surface area contributed by atoms with E-state index in [0.29, 0.717) is 23.6 Å². The summed E-state index contributed by atoms with van der Waals surface area (Å²) in [6, 6.07) is 29.5. The minimum absolute atomic E-state index is 0.297. The molecule has 0 aliphatic carbocycles. The second-order valence-corrected chi connectivity index (χ2v) is 6.69. The molecule has 3 aromatic carbocycles. The van der Waals surface area contributed by atoms with Crippen molar-refractivity contribution in [2.24, 2.45) is 0 Å². The van der Waals surface area contributed by atoms with Crippen LogP contribution in [0.25, 0.3) is 29.1 Å². The second kappa shape index (κ2) is 9.05. The van der Waals surface area contributed by atoms with Gasteiger partial charge in [-0.1, -0.05) is 84.9 Å². The summed E-state index contributed by atoms with van der Waals surface area (Å²) in [5, 5.41) is 4.83. The molecule has 4 aromatic rings. The molecule has 0 atom stereocenters. The first-order valence-corrected chi connectivity index (χ1v) is 9.92. The van der Waals surface area contributed by atoms with E-state index in [9.17, 15) is 4.79 Å². The molecule has 4 heteroatoms. The molecule has 0 aliphatic heterocycles. The fourth-order valence-electron chi connectivity index (χ4n) is 3.29. The number of rotatable bonds is 6. The lowest BCUT2D eigenvalue weighted by atomic mass is 10.0. The highest BCUT2D eigenvalue weighted by molar-refractivity contribution is 6.00. The van der Waals surface area contributed by atoms with Crippen molar-refractivity contribution in [3.8, 4) is 16.9 Å². The number of hydrogen-bond donors (Lipinski definition) is 0. The molecule has 0 aliphatic rings. The summed E-state index contributed by atoms with van der Waals surface area (Å²) in [5.41, 5.74) is 4.52. The van der Waals surface area contributed by atoms with Crippen molar-refractivity contribution in [2.45, 2.75) is 6.92 Å². The van der Waals surface area contributed by atoms with E-state index in [0.717, 1.165) is 16.8 Å². The van der Waals surface area contributed by atoms with Gasteiger partial charge in [0, 0.05) is 5.56 Å². The first kappa shape index (κ1) is 19.4. The molecule has 0 bridgehead atoms. The number of benzene rings is 3. The molecule has 30 heavy (non-hydrogen) atoms. The molecule has 0 saturated heterocycles. The number of carbonyl (C=O) groups is 1. The highest BCUT2D eigenvalue weighted by Crippen LogP contribution is 2.30. The van der Waals surface area contributed by atoms with E-state index >= 15 is 0 Å². The Bertz CT molecular complexity index is 1150. The highest BCUT2D eigenvalue weighted by atomic mass is 16.5. The molecule has 0 saturated carbocycles. The zero-order chi connectivity index (χ0) is 20.8. The third kappa shape index (κ3) is 4.08. The fraction of sp³-hybridized carbons (Fsp3) is 0.0769. The second-order valence-electron chi connectivity index (χ2n) is 6.69. The van der Waals surface area contributed by atoms with Crippen molar-refractivity contribution in [1.29, 1.82) is 0 Å². The van der Waals surface area contributed by atoms with Gasteiger partial charge in [0.05, 0.1) is 18.0 Å². The SMILES string of the molecule is CCOC(=O)c1c(-c2ccccc2)nn(-c2ccccc2)c1/C=C/c1ccccc1. The van der Waals surface area contributed by atoms with E-state index in [1.54, 1.807) is 11.6 Å². The van der Waals surface area contributed by atoms with Gasteiger partial charge in [0.25, 0.3) is 0 Å². The zero-order valence-electron chi connectivity index (χ0n) is 16.7. The van der Waals surface area contributed by atoms with Crippen LogP contribution in [0.1, 0.15) is 28.5 Å². The monoisotopic (exact) mass is 394 g/mol. The van der Waals surface area contributed by atoms with Crippen LogP contribution in [0.15, 0.2) is 91.0 Å². The van der Waals surface area contributed by atoms with Gasteiger partial charge < -0.3 is 4.74 Å². The van der Waals surface area contributed by atoms with Gasteiger partial charge in [0.2, 0.25) is 0 Å². The highest BCUT2D eigenvalue weighted by Gasteiger charge is 2.25. The lowest BCUT2D eigenvalue weighted by Crippen LogP contribution is -2.08. The molecule has 1 aromatic heterocycles. The Labute approximate surface area is 176 Å². The molecule has 4 nitrogen and oxygen atoms in total. The van der Waals surface area contributed by atoms with Gasteiger partial charge in [0.1, 0.15) is 11.3 Å². The molecule has 148 valence electrons. The largest absolute Gasteiger partial charge is 0.462 e. The maximum atomic E-state index is 13.0. The third-order valence-corrected chi connectivity index (χ3v) is 4.68. The van der Waals surface area contributed by atoms with Crippen molar-refractivity contribution < 1.29 is 9.53 Å². The number of para-hydroxylation sites is 1. The number of ether oxygens (including phenoxy) is 1. The van der Waals surface area contributed by atoms with E-state index in [-0.39, 0.29) is 5.97 Å². The summed E-state index contributed by atoms with van der Waals surface area (Å²) < 4.78 is 7.21. The van der Waals surface area contributed by atoms with Crippen molar-refractivity contribution in [3.05, 3.63) is 108 Å². The van der Waals surface area contributed by atoms with Gasteiger partial charge in [-0.15, -0.1) is 0 Å². The molecule has 0 amide bonds. The zero-order valence-corrected chi connectivity index (χ0v) is 16.7. The van der Waals surface area contributed by atoms with E-state index < -0.39 is 0 Å². The van der Waals surface area contributed by atoms with Crippen molar-refractivity contribution in [1.82, 2.24) is 9.78 Å². The average molecular weight is 394 g/mol. The lowest BCUT2D eigenvalue weighted by molar-refractivity contribution is 0.0527. The quantitative estimate of drug-likeness (QED) is 0.383. The molecule has 0 spiro atoms. The minimum Gasteiger partial charge on any atom is -0.462 e. The Morgan fingerprint density at radius 3 is 2.10 bits per heavy atom. The van der Waals surface area contributed by atoms with Crippen LogP contribution >= 0.6 is 0 Å². The topological polar surface area (TPSA) is 44.1 Å². The summed E-state index contributed by atoms with van der Waals surface area (Å²) >= 11 is 0. The van der Waals surface area contributed by atoms with Crippen LogP contribution in [0.5, 0.6) is 0 Å². The number of hydrogen-bond acceptors (Lipinski definition) is 3. The van der Waals surface area contributed by atoms with Crippen LogP contribution in [0.4, 0.5) is 0 Å². The summed E-state index contributed by atoms with van der Waals surface area (Å²) in [6.45, 7) is 2.10. The Morgan fingerprint density at radius 2 is 1.47 bits per heavy atom. The molecule has 0 N–H and O–H groups in total. The van der Waals surface area contributed by atoms with Crippen molar-refractivity contribution >= 4 is 18.1 Å². The van der Waals surface area contributed by atoms with Gasteiger partial charge >= 0.3 is 5.97 Å². The number of esters is 1. The standard InChI is InChI=1S/C26H22N2O2/c1-2-30-26(29)24-23(19-18-20-12-6-3-7-13-20)28(22-16-10-5-11-17-22)27-25(24)21-14-8-4-9-15-21/h3-19H,2H2,1H3/b19-18+. The third-order valence-electron chi connectivity index (χ3n) is 4.68. The maximum Gasteiger partial charge on any atom is 0.342 e. The Kier molecular flexibility index (Phi) is 5.85. The van der Waals surface area contributed by atoms with Crippen LogP contribution in [0, 0.1) is 0 Å². The normalized spacial score (nSPS) is 11.0. The van der Waals surface area contributed by atoms with Crippen molar-refractivity contribution in [2.75, 3.05) is 6.61 Å². The summed E-state index contributed by atoms with van der Waals surface area (Å²) in [7, 11) is 0. The van der Waals surface area contributed by atoms with Gasteiger partial charge in [-0.3, -0.25) is 0 Å². The van der Waals surface area contributed by atoms with Crippen molar-refractivity contribution in [3.63, 3.8) is 0 Å². The lowest BCUT2D eigenvalue weighted by Gasteiger charge is -2.06. The molecule has 0 radical (unpaired) electrons. The van der Waals surface area contributed by atoms with Gasteiger partial charge in [-0.05, 0) is 30.7 Å². The van der Waals surface area contributed by atoms with Crippen LogP contribution in [-0.2, 0) is 4.74 Å². The number of nitrogens with zero attached hydrogens (tertiary/aromatic N) is 2. The molecule has 1 heterocycles. The maximum absolute atomic E-state index is 13.0. The van der Waals surface area contributed by atoms with Gasteiger partial charge in [-0.2, -0.15) is 5.10 Å². The molecular weight excluding hydrogens is 372 g/mol. The predicted molar refractivity (Wildman–Crippen MR) is 120 cm³/mol. The van der Waals surface area contributed by atoms with E-state index in [4.69, 9.17) is 9.84 Å². The van der Waals surface area contributed by atoms with Gasteiger partial charge in [-0.25, -0.2) is 9.48 Å². The average Bonchev–Trinajstić information content (AvgIpc) is 3.19. The summed E-state index contributed by atoms with van der Waals surface area (Å²) in [6.07, 6.45) is 3.90. The van der Waals surface area contributed by atoms with Crippen LogP contribution < -0.4 is 0 Å². The van der Waals surface area contributed by atoms with Crippen LogP contribution in [0.2, 0.25) is 0 Å². The smallest absolute Gasteiger partial charge is 0.342 e. The number of carbonyl (C=O) groups excluding carboxylic acids is 1. The van der Waals surface area contributed by atoms with E-state index in [1.165, 1.54) is 0 Å². The first-order valence-electron chi connectivity index (χ1n) is 9.92. The minimum atomic E-state index is -0.383. The predicted octanol–water partition coefficient (Wildman–Crippen LogP) is 5.89. The Morgan fingerprint density at radius 1 is 0.867 bits per heavy atom. The van der Waals surface area contributed by atoms with Crippen LogP contribution in [0.3, 0.4) is 0 Å². The fourth-order valence-corrected chi connectivity index (χ4v) is 3.29. The molecule has 0 fully saturated rings. The van der Waals surface area contributed by atoms with E-state index in [2.05, 4.69) is 0 Å². The summed E-state index contributed by atoms with van der Waals surface area (Å²) in [5.74, 6) is -0.383. The van der Waals surface area contributed by atoms with Crippen LogP contribution in [-0.4, -0.2) is 22.4 Å². The van der Waals surface area contributed by atoms with E-state index in [1.807, 2.05) is 103 Å². The Hall–Kier alpha value is -3.92.